The fourth-order valence-electron chi connectivity index (χ4n) is 4.06. The third-order valence-electron chi connectivity index (χ3n) is 5.59. The Morgan fingerprint density at radius 2 is 1.81 bits per heavy atom. The fourth-order valence-corrected chi connectivity index (χ4v) is 4.06. The van der Waals surface area contributed by atoms with Crippen LogP contribution in [-0.4, -0.2) is 35.8 Å². The molecule has 2 aliphatic rings. The Balaban J connectivity index is 1.65. The fraction of sp³-hybridized carbons (Fsp3) is 0.364. The number of fused-ring (bicyclic) bond motifs is 2. The first-order valence-electron chi connectivity index (χ1n) is 9.71. The van der Waals surface area contributed by atoms with Crippen LogP contribution in [0.4, 0.5) is 17.1 Å². The summed E-state index contributed by atoms with van der Waals surface area (Å²) in [6, 6.07) is 15.3. The van der Waals surface area contributed by atoms with E-state index in [0.29, 0.717) is 29.4 Å². The highest BCUT2D eigenvalue weighted by atomic mass is 16.2. The van der Waals surface area contributed by atoms with E-state index in [4.69, 9.17) is 0 Å². The van der Waals surface area contributed by atoms with E-state index in [2.05, 4.69) is 17.1 Å². The lowest BCUT2D eigenvalue weighted by atomic mass is 10.0. The van der Waals surface area contributed by atoms with E-state index in [1.807, 2.05) is 42.5 Å². The molecule has 2 heterocycles. The molecule has 5 heteroatoms. The van der Waals surface area contributed by atoms with Crippen molar-refractivity contribution in [2.24, 2.45) is 0 Å². The summed E-state index contributed by atoms with van der Waals surface area (Å²) in [5.74, 6) is -0.165. The molecule has 140 valence electrons. The standard InChI is InChI=1S/C22H25N3O2/c1-16-8-6-7-14-24(16)15-13-21(26)25-19-11-4-2-9-17(19)22(27)23-18-10-3-5-12-20(18)25/h2-5,9-12,16H,6-8,13-15H2,1H3,(H,23,27). The van der Waals surface area contributed by atoms with Crippen molar-refractivity contribution in [1.82, 2.24) is 4.90 Å². The average molecular weight is 363 g/mol. The third kappa shape index (κ3) is 3.47. The number of carbonyl (C=O) groups excluding carboxylic acids is 2. The van der Waals surface area contributed by atoms with Crippen LogP contribution in [-0.2, 0) is 4.79 Å². The maximum Gasteiger partial charge on any atom is 0.257 e. The van der Waals surface area contributed by atoms with Crippen molar-refractivity contribution >= 4 is 28.9 Å². The predicted molar refractivity (Wildman–Crippen MR) is 107 cm³/mol. The summed E-state index contributed by atoms with van der Waals surface area (Å²) in [6.07, 6.45) is 4.10. The van der Waals surface area contributed by atoms with Gasteiger partial charge in [-0.15, -0.1) is 0 Å². The van der Waals surface area contributed by atoms with E-state index in [1.54, 1.807) is 11.0 Å². The molecule has 0 aliphatic carbocycles. The van der Waals surface area contributed by atoms with Gasteiger partial charge < -0.3 is 10.2 Å². The molecule has 0 spiro atoms. The number of hydrogen-bond acceptors (Lipinski definition) is 3. The van der Waals surface area contributed by atoms with Gasteiger partial charge in [-0.1, -0.05) is 30.7 Å². The van der Waals surface area contributed by atoms with Gasteiger partial charge in [0.15, 0.2) is 0 Å². The van der Waals surface area contributed by atoms with Crippen LogP contribution in [0.1, 0.15) is 43.0 Å². The van der Waals surface area contributed by atoms with Crippen molar-refractivity contribution in [3.05, 3.63) is 54.1 Å². The summed E-state index contributed by atoms with van der Waals surface area (Å²) in [6.45, 7) is 4.05. The minimum Gasteiger partial charge on any atom is -0.320 e. The first-order valence-corrected chi connectivity index (χ1v) is 9.71. The Bertz CT molecular complexity index is 864. The van der Waals surface area contributed by atoms with Crippen molar-refractivity contribution in [2.45, 2.75) is 38.6 Å². The first kappa shape index (κ1) is 17.7. The summed E-state index contributed by atoms with van der Waals surface area (Å²) in [5.41, 5.74) is 2.57. The van der Waals surface area contributed by atoms with Crippen molar-refractivity contribution < 1.29 is 9.59 Å². The lowest BCUT2D eigenvalue weighted by Crippen LogP contribution is -2.40. The molecule has 0 bridgehead atoms. The molecule has 2 amide bonds. The Kier molecular flexibility index (Phi) is 4.94. The molecule has 5 nitrogen and oxygen atoms in total. The van der Waals surface area contributed by atoms with Crippen LogP contribution < -0.4 is 10.2 Å². The van der Waals surface area contributed by atoms with Crippen molar-refractivity contribution in [1.29, 1.82) is 0 Å². The normalized spacial score (nSPS) is 19.7. The average Bonchev–Trinajstić information content (AvgIpc) is 2.81. The van der Waals surface area contributed by atoms with Crippen LogP contribution in [0.2, 0.25) is 0 Å². The topological polar surface area (TPSA) is 52.7 Å². The van der Waals surface area contributed by atoms with Crippen LogP contribution in [0.5, 0.6) is 0 Å². The molecule has 2 aromatic rings. The third-order valence-corrected chi connectivity index (χ3v) is 5.59. The number of nitrogens with one attached hydrogen (secondary N) is 1. The smallest absolute Gasteiger partial charge is 0.257 e. The lowest BCUT2D eigenvalue weighted by molar-refractivity contribution is -0.118. The van der Waals surface area contributed by atoms with E-state index < -0.39 is 0 Å². The SMILES string of the molecule is CC1CCCCN1CCC(=O)N1c2ccccc2NC(=O)c2ccccc21. The van der Waals surface area contributed by atoms with Gasteiger partial charge in [0.25, 0.3) is 5.91 Å². The molecule has 1 saturated heterocycles. The highest BCUT2D eigenvalue weighted by Gasteiger charge is 2.29. The summed E-state index contributed by atoms with van der Waals surface area (Å²) in [5, 5.41) is 2.93. The van der Waals surface area contributed by atoms with Gasteiger partial charge in [0.2, 0.25) is 5.91 Å². The summed E-state index contributed by atoms with van der Waals surface area (Å²) < 4.78 is 0. The Morgan fingerprint density at radius 3 is 2.63 bits per heavy atom. The molecule has 2 aliphatic heterocycles. The van der Waals surface area contributed by atoms with Gasteiger partial charge in [0, 0.05) is 19.0 Å². The number of amides is 2. The van der Waals surface area contributed by atoms with Crippen LogP contribution in [0.25, 0.3) is 0 Å². The molecular formula is C22H25N3O2. The zero-order valence-electron chi connectivity index (χ0n) is 15.6. The molecule has 4 rings (SSSR count). The largest absolute Gasteiger partial charge is 0.320 e. The minimum absolute atomic E-state index is 0.0178. The van der Waals surface area contributed by atoms with Crippen molar-refractivity contribution in [3.63, 3.8) is 0 Å². The first-order chi connectivity index (χ1) is 13.1. The number of rotatable bonds is 3. The number of likely N-dealkylation sites (tertiary alicyclic amines) is 1. The van der Waals surface area contributed by atoms with Gasteiger partial charge in [0.1, 0.15) is 0 Å². The number of anilines is 3. The lowest BCUT2D eigenvalue weighted by Gasteiger charge is -2.33. The van der Waals surface area contributed by atoms with Crippen molar-refractivity contribution in [3.8, 4) is 0 Å². The Hall–Kier alpha value is -2.66. The van der Waals surface area contributed by atoms with Crippen LogP contribution in [0, 0.1) is 0 Å². The number of piperidine rings is 1. The zero-order chi connectivity index (χ0) is 18.8. The molecule has 1 atom stereocenters. The van der Waals surface area contributed by atoms with Crippen LogP contribution >= 0.6 is 0 Å². The van der Waals surface area contributed by atoms with Gasteiger partial charge in [-0.2, -0.15) is 0 Å². The predicted octanol–water partition coefficient (Wildman–Crippen LogP) is 4.18. The Labute approximate surface area is 160 Å². The quantitative estimate of drug-likeness (QED) is 0.890. The minimum atomic E-state index is -0.182. The molecule has 0 aromatic heterocycles. The van der Waals surface area contributed by atoms with Gasteiger partial charge in [0.05, 0.1) is 22.6 Å². The zero-order valence-corrected chi connectivity index (χ0v) is 15.6. The summed E-state index contributed by atoms with van der Waals surface area (Å²) in [4.78, 5) is 30.0. The Morgan fingerprint density at radius 1 is 1.07 bits per heavy atom. The van der Waals surface area contributed by atoms with E-state index in [1.165, 1.54) is 19.3 Å². The molecule has 1 fully saturated rings. The van der Waals surface area contributed by atoms with E-state index in [9.17, 15) is 9.59 Å². The van der Waals surface area contributed by atoms with Gasteiger partial charge in [-0.3, -0.25) is 14.5 Å². The van der Waals surface area contributed by atoms with E-state index >= 15 is 0 Å². The molecule has 27 heavy (non-hydrogen) atoms. The second-order valence-electron chi connectivity index (χ2n) is 7.35. The molecule has 1 N–H and O–H groups in total. The van der Waals surface area contributed by atoms with Gasteiger partial charge in [-0.25, -0.2) is 0 Å². The van der Waals surface area contributed by atoms with Crippen molar-refractivity contribution in [2.75, 3.05) is 23.3 Å². The molecule has 1 unspecified atom stereocenters. The number of nitrogens with zero attached hydrogens (tertiary/aromatic N) is 2. The number of carbonyl (C=O) groups is 2. The second-order valence-corrected chi connectivity index (χ2v) is 7.35. The monoisotopic (exact) mass is 363 g/mol. The number of hydrogen-bond donors (Lipinski definition) is 1. The second kappa shape index (κ2) is 7.53. The molecule has 0 radical (unpaired) electrons. The van der Waals surface area contributed by atoms with Crippen LogP contribution in [0.3, 0.4) is 0 Å². The van der Waals surface area contributed by atoms with E-state index in [-0.39, 0.29) is 11.8 Å². The van der Waals surface area contributed by atoms with E-state index in [0.717, 1.165) is 18.8 Å². The van der Waals surface area contributed by atoms with Gasteiger partial charge in [-0.05, 0) is 50.6 Å². The molecular weight excluding hydrogens is 338 g/mol. The number of benzene rings is 2. The highest BCUT2D eigenvalue weighted by molar-refractivity contribution is 6.17. The maximum atomic E-state index is 13.3. The van der Waals surface area contributed by atoms with Gasteiger partial charge >= 0.3 is 0 Å². The summed E-state index contributed by atoms with van der Waals surface area (Å²) >= 11 is 0. The molecule has 2 aromatic carbocycles. The molecule has 0 saturated carbocycles. The van der Waals surface area contributed by atoms with Crippen LogP contribution in [0.15, 0.2) is 48.5 Å². The highest BCUT2D eigenvalue weighted by Crippen LogP contribution is 2.38. The number of para-hydroxylation sites is 3. The maximum absolute atomic E-state index is 13.3. The summed E-state index contributed by atoms with van der Waals surface area (Å²) in [7, 11) is 0.